The number of furan rings is 1. The number of nitrogens with zero attached hydrogens (tertiary/aromatic N) is 1. The Bertz CT molecular complexity index is 373. The van der Waals surface area contributed by atoms with Gasteiger partial charge >= 0.3 is 6.03 Å². The molecule has 0 spiro atoms. The van der Waals surface area contributed by atoms with E-state index in [9.17, 15) is 4.79 Å². The smallest absolute Gasteiger partial charge is 0.321 e. The first kappa shape index (κ1) is 14.1. The minimum absolute atomic E-state index is 0.142. The van der Waals surface area contributed by atoms with Gasteiger partial charge in [0.25, 0.3) is 0 Å². The largest absolute Gasteiger partial charge is 0.467 e. The fourth-order valence-electron chi connectivity index (χ4n) is 1.34. The SMILES string of the molecule is CCCCCN=C(N)NC(=O)NCc1ccco1. The Hall–Kier alpha value is -1.98. The molecule has 0 atom stereocenters. The molecule has 18 heavy (non-hydrogen) atoms. The number of carbonyl (C=O) groups excluding carboxylic acids is 1. The van der Waals surface area contributed by atoms with Crippen LogP contribution in [-0.4, -0.2) is 18.5 Å². The van der Waals surface area contributed by atoms with Crippen LogP contribution in [0.4, 0.5) is 4.79 Å². The summed E-state index contributed by atoms with van der Waals surface area (Å²) in [5.41, 5.74) is 5.56. The van der Waals surface area contributed by atoms with E-state index in [2.05, 4.69) is 22.5 Å². The van der Waals surface area contributed by atoms with E-state index in [1.807, 2.05) is 0 Å². The molecule has 1 aromatic rings. The zero-order valence-electron chi connectivity index (χ0n) is 10.6. The maximum Gasteiger partial charge on any atom is 0.321 e. The highest BCUT2D eigenvalue weighted by Crippen LogP contribution is 1.98. The molecule has 6 nitrogen and oxygen atoms in total. The van der Waals surface area contributed by atoms with Crippen molar-refractivity contribution in [3.63, 3.8) is 0 Å². The van der Waals surface area contributed by atoms with E-state index in [0.717, 1.165) is 19.3 Å². The van der Waals surface area contributed by atoms with Gasteiger partial charge < -0.3 is 15.5 Å². The molecular formula is C12H20N4O2. The first-order valence-electron chi connectivity index (χ1n) is 6.09. The van der Waals surface area contributed by atoms with Crippen LogP contribution in [0.1, 0.15) is 31.9 Å². The molecular weight excluding hydrogens is 232 g/mol. The molecule has 1 aromatic heterocycles. The van der Waals surface area contributed by atoms with Gasteiger partial charge in [-0.2, -0.15) is 0 Å². The second-order valence-electron chi connectivity index (χ2n) is 3.86. The third-order valence-electron chi connectivity index (χ3n) is 2.29. The molecule has 1 rings (SSSR count). The number of rotatable bonds is 6. The summed E-state index contributed by atoms with van der Waals surface area (Å²) >= 11 is 0. The number of guanidine groups is 1. The lowest BCUT2D eigenvalue weighted by Crippen LogP contribution is -2.43. The second-order valence-corrected chi connectivity index (χ2v) is 3.86. The monoisotopic (exact) mass is 252 g/mol. The minimum atomic E-state index is -0.386. The van der Waals surface area contributed by atoms with Crippen molar-refractivity contribution in [1.29, 1.82) is 0 Å². The molecule has 0 unspecified atom stereocenters. The molecule has 0 saturated heterocycles. The molecule has 0 aliphatic heterocycles. The Morgan fingerprint density at radius 2 is 2.33 bits per heavy atom. The third-order valence-corrected chi connectivity index (χ3v) is 2.29. The van der Waals surface area contributed by atoms with Crippen LogP contribution in [0.2, 0.25) is 0 Å². The number of nitrogens with two attached hydrogens (primary N) is 1. The van der Waals surface area contributed by atoms with Crippen molar-refractivity contribution >= 4 is 12.0 Å². The van der Waals surface area contributed by atoms with Crippen LogP contribution in [0, 0.1) is 0 Å². The van der Waals surface area contributed by atoms with E-state index < -0.39 is 0 Å². The van der Waals surface area contributed by atoms with Crippen LogP contribution in [-0.2, 0) is 6.54 Å². The second kappa shape index (κ2) is 8.16. The number of aliphatic imine (C=N–C) groups is 1. The van der Waals surface area contributed by atoms with Crippen molar-refractivity contribution < 1.29 is 9.21 Å². The van der Waals surface area contributed by atoms with Crippen LogP contribution >= 0.6 is 0 Å². The quantitative estimate of drug-likeness (QED) is 0.407. The van der Waals surface area contributed by atoms with Crippen molar-refractivity contribution in [2.24, 2.45) is 10.7 Å². The summed E-state index contributed by atoms with van der Waals surface area (Å²) in [5, 5.41) is 5.07. The molecule has 0 aliphatic rings. The molecule has 0 aromatic carbocycles. The van der Waals surface area contributed by atoms with Crippen molar-refractivity contribution in [1.82, 2.24) is 10.6 Å². The predicted octanol–water partition coefficient (Wildman–Crippen LogP) is 1.58. The maximum atomic E-state index is 11.4. The van der Waals surface area contributed by atoms with Crippen LogP contribution in [0.25, 0.3) is 0 Å². The first-order chi connectivity index (χ1) is 8.72. The molecule has 6 heteroatoms. The number of hydrogen-bond donors (Lipinski definition) is 3. The van der Waals surface area contributed by atoms with E-state index in [4.69, 9.17) is 10.2 Å². The summed E-state index contributed by atoms with van der Waals surface area (Å²) in [6.45, 7) is 3.08. The summed E-state index contributed by atoms with van der Waals surface area (Å²) < 4.78 is 5.08. The molecule has 2 amide bonds. The molecule has 100 valence electrons. The summed E-state index contributed by atoms with van der Waals surface area (Å²) in [6.07, 6.45) is 4.78. The molecule has 0 bridgehead atoms. The first-order valence-corrected chi connectivity index (χ1v) is 6.09. The fourth-order valence-corrected chi connectivity index (χ4v) is 1.34. The van der Waals surface area contributed by atoms with Gasteiger partial charge in [-0.15, -0.1) is 0 Å². The third kappa shape index (κ3) is 5.93. The predicted molar refractivity (Wildman–Crippen MR) is 70.1 cm³/mol. The Balaban J connectivity index is 2.18. The highest BCUT2D eigenvalue weighted by atomic mass is 16.3. The fraction of sp³-hybridized carbons (Fsp3) is 0.500. The maximum absolute atomic E-state index is 11.4. The van der Waals surface area contributed by atoms with E-state index >= 15 is 0 Å². The molecule has 0 aliphatic carbocycles. The van der Waals surface area contributed by atoms with Crippen molar-refractivity contribution in [3.8, 4) is 0 Å². The average molecular weight is 252 g/mol. The zero-order valence-corrected chi connectivity index (χ0v) is 10.6. The van der Waals surface area contributed by atoms with Gasteiger partial charge in [-0.3, -0.25) is 10.3 Å². The van der Waals surface area contributed by atoms with Crippen LogP contribution in [0.5, 0.6) is 0 Å². The van der Waals surface area contributed by atoms with Gasteiger partial charge in [0.05, 0.1) is 12.8 Å². The normalized spacial score (nSPS) is 11.3. The van der Waals surface area contributed by atoms with E-state index in [0.29, 0.717) is 18.8 Å². The number of carbonyl (C=O) groups is 1. The highest BCUT2D eigenvalue weighted by molar-refractivity contribution is 5.95. The van der Waals surface area contributed by atoms with Crippen LogP contribution < -0.4 is 16.4 Å². The number of urea groups is 1. The standard InChI is InChI=1S/C12H20N4O2/c1-2-3-4-7-14-11(13)16-12(17)15-9-10-6-5-8-18-10/h5-6,8H,2-4,7,9H2,1H3,(H4,13,14,15,16,17). The molecule has 0 fully saturated rings. The van der Waals surface area contributed by atoms with E-state index in [1.165, 1.54) is 0 Å². The van der Waals surface area contributed by atoms with Crippen molar-refractivity contribution in [3.05, 3.63) is 24.2 Å². The lowest BCUT2D eigenvalue weighted by Gasteiger charge is -2.05. The van der Waals surface area contributed by atoms with Crippen molar-refractivity contribution in [2.45, 2.75) is 32.7 Å². The Labute approximate surface area is 107 Å². The lowest BCUT2D eigenvalue weighted by atomic mass is 10.2. The van der Waals surface area contributed by atoms with Crippen LogP contribution in [0.15, 0.2) is 27.8 Å². The Morgan fingerprint density at radius 3 is 3.00 bits per heavy atom. The van der Waals surface area contributed by atoms with Gasteiger partial charge in [-0.05, 0) is 18.6 Å². The number of amides is 2. The van der Waals surface area contributed by atoms with Gasteiger partial charge in [-0.1, -0.05) is 19.8 Å². The molecule has 0 saturated carbocycles. The minimum Gasteiger partial charge on any atom is -0.467 e. The van der Waals surface area contributed by atoms with Gasteiger partial charge in [0.15, 0.2) is 5.96 Å². The van der Waals surface area contributed by atoms with E-state index in [-0.39, 0.29) is 12.0 Å². The summed E-state index contributed by atoms with van der Waals surface area (Å²) in [7, 11) is 0. The number of unbranched alkanes of at least 4 members (excludes halogenated alkanes) is 2. The van der Waals surface area contributed by atoms with E-state index in [1.54, 1.807) is 18.4 Å². The highest BCUT2D eigenvalue weighted by Gasteiger charge is 2.03. The number of nitrogens with one attached hydrogen (secondary N) is 2. The lowest BCUT2D eigenvalue weighted by molar-refractivity contribution is 0.244. The van der Waals surface area contributed by atoms with Crippen molar-refractivity contribution in [2.75, 3.05) is 6.54 Å². The van der Waals surface area contributed by atoms with Gasteiger partial charge in [-0.25, -0.2) is 4.79 Å². The topological polar surface area (TPSA) is 92.6 Å². The Kier molecular flexibility index (Phi) is 6.38. The molecule has 4 N–H and O–H groups in total. The van der Waals surface area contributed by atoms with Gasteiger partial charge in [0.2, 0.25) is 0 Å². The summed E-state index contributed by atoms with van der Waals surface area (Å²) in [6, 6.07) is 3.16. The summed E-state index contributed by atoms with van der Waals surface area (Å²) in [4.78, 5) is 15.5. The molecule has 1 heterocycles. The number of hydrogen-bond acceptors (Lipinski definition) is 3. The zero-order chi connectivity index (χ0) is 13.2. The van der Waals surface area contributed by atoms with Crippen LogP contribution in [0.3, 0.4) is 0 Å². The molecule has 0 radical (unpaired) electrons. The van der Waals surface area contributed by atoms with Gasteiger partial charge in [0, 0.05) is 6.54 Å². The van der Waals surface area contributed by atoms with Gasteiger partial charge in [0.1, 0.15) is 5.76 Å². The summed E-state index contributed by atoms with van der Waals surface area (Å²) in [5.74, 6) is 0.826. The average Bonchev–Trinajstić information content (AvgIpc) is 2.85. The Morgan fingerprint density at radius 1 is 1.50 bits per heavy atom.